The third-order valence-corrected chi connectivity index (χ3v) is 6.91. The topological polar surface area (TPSA) is 58.2 Å². The lowest BCUT2D eigenvalue weighted by atomic mass is 10.1. The van der Waals surface area contributed by atoms with Crippen molar-refractivity contribution in [2.24, 2.45) is 0 Å². The normalized spacial score (nSPS) is 17.3. The Morgan fingerprint density at radius 1 is 1.24 bits per heavy atom. The van der Waals surface area contributed by atoms with Crippen LogP contribution < -0.4 is 10.0 Å². The molecule has 4 nitrogen and oxygen atoms in total. The first kappa shape index (κ1) is 13.2. The van der Waals surface area contributed by atoms with E-state index < -0.39 is 10.0 Å². The van der Waals surface area contributed by atoms with E-state index in [4.69, 9.17) is 0 Å². The van der Waals surface area contributed by atoms with Gasteiger partial charge in [0.05, 0.1) is 5.69 Å². The maximum atomic E-state index is 12.7. The van der Waals surface area contributed by atoms with Gasteiger partial charge in [0.15, 0.2) is 0 Å². The lowest BCUT2D eigenvalue weighted by Crippen LogP contribution is -2.14. The molecule has 1 aromatic carbocycles. The quantitative estimate of drug-likeness (QED) is 0.908. The van der Waals surface area contributed by atoms with Gasteiger partial charge in [-0.3, -0.25) is 4.72 Å². The fourth-order valence-corrected chi connectivity index (χ4v) is 5.48. The first-order valence-electron chi connectivity index (χ1n) is 7.11. The highest BCUT2D eigenvalue weighted by Gasteiger charge is 2.32. The van der Waals surface area contributed by atoms with Gasteiger partial charge in [-0.2, -0.15) is 0 Å². The Morgan fingerprint density at radius 2 is 2.10 bits per heavy atom. The van der Waals surface area contributed by atoms with Gasteiger partial charge in [-0.1, -0.05) is 6.07 Å². The molecule has 2 aromatic rings. The molecule has 0 bridgehead atoms. The summed E-state index contributed by atoms with van der Waals surface area (Å²) in [7, 11) is -3.49. The lowest BCUT2D eigenvalue weighted by molar-refractivity contribution is 0.602. The molecule has 1 aromatic heterocycles. The maximum absolute atomic E-state index is 12.7. The zero-order valence-corrected chi connectivity index (χ0v) is 13.1. The molecule has 0 amide bonds. The van der Waals surface area contributed by atoms with Crippen molar-refractivity contribution < 1.29 is 8.42 Å². The number of sulfonamides is 1. The third-order valence-electron chi connectivity index (χ3n) is 4.03. The van der Waals surface area contributed by atoms with Gasteiger partial charge in [-0.25, -0.2) is 8.42 Å². The molecule has 0 atom stereocenters. The van der Waals surface area contributed by atoms with Crippen molar-refractivity contribution in [3.63, 3.8) is 0 Å². The first-order chi connectivity index (χ1) is 10.1. The van der Waals surface area contributed by atoms with Gasteiger partial charge in [0.2, 0.25) is 0 Å². The van der Waals surface area contributed by atoms with Crippen molar-refractivity contribution >= 4 is 32.7 Å². The molecule has 2 N–H and O–H groups in total. The molecule has 1 aliphatic heterocycles. The van der Waals surface area contributed by atoms with Crippen molar-refractivity contribution in [1.82, 2.24) is 0 Å². The van der Waals surface area contributed by atoms with Gasteiger partial charge in [0, 0.05) is 17.8 Å². The van der Waals surface area contributed by atoms with E-state index in [1.807, 2.05) is 29.6 Å². The smallest absolute Gasteiger partial charge is 0.271 e. The summed E-state index contributed by atoms with van der Waals surface area (Å²) in [5, 5.41) is 5.14. The molecule has 0 radical (unpaired) electrons. The van der Waals surface area contributed by atoms with Gasteiger partial charge in [-0.15, -0.1) is 11.3 Å². The van der Waals surface area contributed by atoms with E-state index >= 15 is 0 Å². The summed E-state index contributed by atoms with van der Waals surface area (Å²) < 4.78 is 28.7. The molecule has 1 saturated carbocycles. The molecule has 110 valence electrons. The van der Waals surface area contributed by atoms with Crippen LogP contribution in [0.2, 0.25) is 0 Å². The van der Waals surface area contributed by atoms with Crippen molar-refractivity contribution in [2.75, 3.05) is 16.6 Å². The van der Waals surface area contributed by atoms with Crippen LogP contribution in [0.3, 0.4) is 0 Å². The van der Waals surface area contributed by atoms with Crippen molar-refractivity contribution in [1.29, 1.82) is 0 Å². The van der Waals surface area contributed by atoms with Crippen LogP contribution in [-0.2, 0) is 16.4 Å². The van der Waals surface area contributed by atoms with E-state index in [1.54, 1.807) is 0 Å². The van der Waals surface area contributed by atoms with Crippen LogP contribution in [0.4, 0.5) is 11.4 Å². The summed E-state index contributed by atoms with van der Waals surface area (Å²) in [4.78, 5) is 0. The molecular formula is C15H16N2O2S2. The summed E-state index contributed by atoms with van der Waals surface area (Å²) >= 11 is 1.31. The van der Waals surface area contributed by atoms with Crippen LogP contribution >= 0.6 is 11.3 Å². The highest BCUT2D eigenvalue weighted by Crippen LogP contribution is 2.45. The first-order valence-corrected chi connectivity index (χ1v) is 9.47. The van der Waals surface area contributed by atoms with Gasteiger partial charge in [-0.05, 0) is 54.3 Å². The summed E-state index contributed by atoms with van der Waals surface area (Å²) in [6.45, 7) is 0.862. The fourth-order valence-electron chi connectivity index (χ4n) is 2.85. The predicted molar refractivity (Wildman–Crippen MR) is 85.7 cm³/mol. The van der Waals surface area contributed by atoms with Crippen molar-refractivity contribution in [3.8, 4) is 0 Å². The number of benzene rings is 1. The molecule has 0 spiro atoms. The van der Waals surface area contributed by atoms with E-state index in [9.17, 15) is 8.42 Å². The molecule has 0 saturated heterocycles. The van der Waals surface area contributed by atoms with Gasteiger partial charge in [0.1, 0.15) is 4.21 Å². The molecule has 6 heteroatoms. The number of anilines is 2. The Bertz CT molecular complexity index is 792. The highest BCUT2D eigenvalue weighted by atomic mass is 32.2. The number of rotatable bonds is 4. The van der Waals surface area contributed by atoms with E-state index in [0.29, 0.717) is 15.8 Å². The SMILES string of the molecule is O=S(=O)(Nc1cccc2c1CCN2)c1sccc1C1CC1. The number of thiophene rings is 1. The Morgan fingerprint density at radius 3 is 2.90 bits per heavy atom. The summed E-state index contributed by atoms with van der Waals surface area (Å²) in [5.74, 6) is 0.436. The third kappa shape index (κ3) is 2.32. The predicted octanol–water partition coefficient (Wildman–Crippen LogP) is 3.39. The molecule has 0 unspecified atom stereocenters. The Labute approximate surface area is 128 Å². The maximum Gasteiger partial charge on any atom is 0.271 e. The van der Waals surface area contributed by atoms with Crippen LogP contribution in [0.25, 0.3) is 0 Å². The van der Waals surface area contributed by atoms with Gasteiger partial charge in [0.25, 0.3) is 10.0 Å². The molecule has 2 aliphatic rings. The van der Waals surface area contributed by atoms with Gasteiger partial charge < -0.3 is 5.32 Å². The molecular weight excluding hydrogens is 304 g/mol. The van der Waals surface area contributed by atoms with Crippen LogP contribution in [-0.4, -0.2) is 15.0 Å². The minimum atomic E-state index is -3.49. The summed E-state index contributed by atoms with van der Waals surface area (Å²) in [6, 6.07) is 7.66. The van der Waals surface area contributed by atoms with Gasteiger partial charge >= 0.3 is 0 Å². The monoisotopic (exact) mass is 320 g/mol. The standard InChI is InChI=1S/C15H16N2O2S2/c18-21(19,15-11(7-9-20-15)10-4-5-10)17-14-3-1-2-13-12(14)6-8-16-13/h1-3,7,9-10,16-17H,4-6,8H2. The number of hydrogen-bond donors (Lipinski definition) is 2. The zero-order chi connectivity index (χ0) is 14.4. The molecule has 1 aliphatic carbocycles. The Hall–Kier alpha value is -1.53. The molecule has 21 heavy (non-hydrogen) atoms. The second-order valence-corrected chi connectivity index (χ2v) is 8.35. The molecule has 1 fully saturated rings. The van der Waals surface area contributed by atoms with E-state index in [-0.39, 0.29) is 0 Å². The lowest BCUT2D eigenvalue weighted by Gasteiger charge is -2.11. The largest absolute Gasteiger partial charge is 0.384 e. The number of hydrogen-bond acceptors (Lipinski definition) is 4. The molecule has 2 heterocycles. The average Bonchev–Trinajstić information content (AvgIpc) is 3.00. The van der Waals surface area contributed by atoms with Crippen LogP contribution in [0.15, 0.2) is 33.9 Å². The van der Waals surface area contributed by atoms with Crippen molar-refractivity contribution in [2.45, 2.75) is 29.4 Å². The summed E-state index contributed by atoms with van der Waals surface area (Å²) in [6.07, 6.45) is 3.06. The fraction of sp³-hybridized carbons (Fsp3) is 0.333. The van der Waals surface area contributed by atoms with E-state index in [2.05, 4.69) is 10.0 Å². The van der Waals surface area contributed by atoms with E-state index in [1.165, 1.54) is 11.3 Å². The minimum Gasteiger partial charge on any atom is -0.384 e. The average molecular weight is 320 g/mol. The number of nitrogens with one attached hydrogen (secondary N) is 2. The van der Waals surface area contributed by atoms with E-state index in [0.717, 1.165) is 42.6 Å². The van der Waals surface area contributed by atoms with Crippen LogP contribution in [0.1, 0.15) is 29.9 Å². The second-order valence-electron chi connectivity index (χ2n) is 5.55. The molecule has 4 rings (SSSR count). The summed E-state index contributed by atoms with van der Waals surface area (Å²) in [5.41, 5.74) is 3.78. The zero-order valence-electron chi connectivity index (χ0n) is 11.4. The second kappa shape index (κ2) is 4.74. The highest BCUT2D eigenvalue weighted by molar-refractivity contribution is 7.94. The number of fused-ring (bicyclic) bond motifs is 1. The van der Waals surface area contributed by atoms with Crippen LogP contribution in [0.5, 0.6) is 0 Å². The Kier molecular flexibility index (Phi) is 2.97. The Balaban J connectivity index is 1.70. The van der Waals surface area contributed by atoms with Crippen LogP contribution in [0, 0.1) is 0 Å². The van der Waals surface area contributed by atoms with Crippen molar-refractivity contribution in [3.05, 3.63) is 40.8 Å². The minimum absolute atomic E-state index is 0.436.